The summed E-state index contributed by atoms with van der Waals surface area (Å²) in [6.07, 6.45) is 0. The molecular weight excluding hydrogens is 178 g/mol. The van der Waals surface area contributed by atoms with Gasteiger partial charge in [0.15, 0.2) is 0 Å². The molecule has 0 radical (unpaired) electrons. The largest absolute Gasteiger partial charge is 0.480 e. The van der Waals surface area contributed by atoms with Crippen LogP contribution in [-0.4, -0.2) is 55.3 Å². The summed E-state index contributed by atoms with van der Waals surface area (Å²) in [5.74, 6) is -1.09. The molecule has 6 nitrogen and oxygen atoms in total. The van der Waals surface area contributed by atoms with Gasteiger partial charge in [0.25, 0.3) is 0 Å². The fourth-order valence-corrected chi connectivity index (χ4v) is 0.566. The van der Waals surface area contributed by atoms with Crippen molar-refractivity contribution in [1.29, 1.82) is 0 Å². The molecule has 0 spiro atoms. The monoisotopic (exact) mass is 193 g/mol. The second-order valence-corrected chi connectivity index (χ2v) is 2.36. The van der Waals surface area contributed by atoms with Gasteiger partial charge in [0.1, 0.15) is 6.04 Å². The Balaban J connectivity index is 3.11. The number of aliphatic carboxylic acids is 1. The number of hydrogen-bond donors (Lipinski definition) is 3. The van der Waals surface area contributed by atoms with E-state index >= 15 is 0 Å². The summed E-state index contributed by atoms with van der Waals surface area (Å²) in [5, 5.41) is 16.7. The van der Waals surface area contributed by atoms with Crippen LogP contribution in [0, 0.1) is 0 Å². The molecule has 1 atom stereocenters. The van der Waals surface area contributed by atoms with Gasteiger partial charge >= 0.3 is 5.97 Å². The molecule has 0 aromatic heterocycles. The molecule has 0 rings (SSSR count). The lowest BCUT2D eigenvalue weighted by Crippen LogP contribution is -2.35. The van der Waals surface area contributed by atoms with Crippen molar-refractivity contribution in [3.05, 3.63) is 0 Å². The topological polar surface area (TPSA) is 102 Å². The van der Waals surface area contributed by atoms with Crippen LogP contribution in [0.25, 0.3) is 0 Å². The number of rotatable bonds is 8. The van der Waals surface area contributed by atoms with Gasteiger partial charge in [-0.25, -0.2) is 0 Å². The number of aliphatic hydroxyl groups excluding tert-OH is 1. The lowest BCUT2D eigenvalue weighted by atomic mass is 10.3. The fourth-order valence-electron chi connectivity index (χ4n) is 0.566. The van der Waals surface area contributed by atoms with Crippen LogP contribution in [0.2, 0.25) is 0 Å². The van der Waals surface area contributed by atoms with E-state index in [0.29, 0.717) is 6.61 Å². The van der Waals surface area contributed by atoms with Gasteiger partial charge in [-0.15, -0.1) is 0 Å². The predicted molar refractivity (Wildman–Crippen MR) is 44.3 cm³/mol. The maximum Gasteiger partial charge on any atom is 0.322 e. The fraction of sp³-hybridized carbons (Fsp3) is 0.857. The highest BCUT2D eigenvalue weighted by atomic mass is 16.5. The van der Waals surface area contributed by atoms with Crippen molar-refractivity contribution in [1.82, 2.24) is 0 Å². The van der Waals surface area contributed by atoms with Gasteiger partial charge in [0, 0.05) is 0 Å². The third-order valence-corrected chi connectivity index (χ3v) is 1.22. The molecule has 78 valence electrons. The number of carbonyl (C=O) groups is 1. The number of nitrogens with two attached hydrogens (primary N) is 1. The Bertz CT molecular complexity index is 141. The van der Waals surface area contributed by atoms with Crippen molar-refractivity contribution in [2.24, 2.45) is 5.73 Å². The van der Waals surface area contributed by atoms with E-state index < -0.39 is 12.0 Å². The highest BCUT2D eigenvalue weighted by molar-refractivity contribution is 5.73. The van der Waals surface area contributed by atoms with Gasteiger partial charge in [-0.2, -0.15) is 0 Å². The Morgan fingerprint density at radius 1 is 1.31 bits per heavy atom. The highest BCUT2D eigenvalue weighted by Crippen LogP contribution is 1.83. The van der Waals surface area contributed by atoms with Gasteiger partial charge in [0.2, 0.25) is 0 Å². The van der Waals surface area contributed by atoms with Crippen molar-refractivity contribution in [2.75, 3.05) is 33.0 Å². The Kier molecular flexibility index (Phi) is 7.51. The van der Waals surface area contributed by atoms with E-state index in [4.69, 9.17) is 25.4 Å². The second kappa shape index (κ2) is 7.93. The Morgan fingerprint density at radius 3 is 2.46 bits per heavy atom. The lowest BCUT2D eigenvalue weighted by molar-refractivity contribution is -0.140. The quantitative estimate of drug-likeness (QED) is 0.402. The molecule has 0 fully saturated rings. The molecule has 6 heteroatoms. The van der Waals surface area contributed by atoms with Crippen LogP contribution < -0.4 is 5.73 Å². The number of carboxylic acids is 1. The smallest absolute Gasteiger partial charge is 0.322 e. The summed E-state index contributed by atoms with van der Waals surface area (Å²) >= 11 is 0. The summed E-state index contributed by atoms with van der Waals surface area (Å²) in [6, 6.07) is -0.988. The third kappa shape index (κ3) is 7.66. The van der Waals surface area contributed by atoms with Crippen LogP contribution in [0.4, 0.5) is 0 Å². The van der Waals surface area contributed by atoms with Crippen LogP contribution >= 0.6 is 0 Å². The number of hydrogen-bond acceptors (Lipinski definition) is 5. The molecule has 0 aliphatic carbocycles. The van der Waals surface area contributed by atoms with Crippen LogP contribution in [-0.2, 0) is 14.3 Å². The first kappa shape index (κ1) is 12.3. The van der Waals surface area contributed by atoms with Crippen LogP contribution in [0.15, 0.2) is 0 Å². The lowest BCUT2D eigenvalue weighted by Gasteiger charge is -2.07. The number of aliphatic hydroxyl groups is 1. The first-order valence-electron chi connectivity index (χ1n) is 3.93. The minimum absolute atomic E-state index is 0.0299. The summed E-state index contributed by atoms with van der Waals surface area (Å²) in [6.45, 7) is 0.800. The van der Waals surface area contributed by atoms with Crippen molar-refractivity contribution in [2.45, 2.75) is 6.04 Å². The van der Waals surface area contributed by atoms with Gasteiger partial charge < -0.3 is 25.4 Å². The molecule has 0 saturated carbocycles. The summed E-state index contributed by atoms with van der Waals surface area (Å²) in [7, 11) is 0. The molecule has 0 heterocycles. The zero-order chi connectivity index (χ0) is 10.1. The van der Waals surface area contributed by atoms with Gasteiger partial charge in [0.05, 0.1) is 33.0 Å². The molecule has 0 amide bonds. The van der Waals surface area contributed by atoms with E-state index in [2.05, 4.69) is 0 Å². The first-order valence-corrected chi connectivity index (χ1v) is 3.93. The maximum atomic E-state index is 10.2. The molecule has 0 unspecified atom stereocenters. The zero-order valence-electron chi connectivity index (χ0n) is 7.31. The highest BCUT2D eigenvalue weighted by Gasteiger charge is 2.10. The van der Waals surface area contributed by atoms with E-state index in [9.17, 15) is 4.79 Å². The minimum atomic E-state index is -1.09. The average molecular weight is 193 g/mol. The number of ether oxygens (including phenoxy) is 2. The summed E-state index contributed by atoms with van der Waals surface area (Å²) in [5.41, 5.74) is 5.15. The van der Waals surface area contributed by atoms with Crippen molar-refractivity contribution in [3.63, 3.8) is 0 Å². The van der Waals surface area contributed by atoms with Gasteiger partial charge in [-0.3, -0.25) is 4.79 Å². The number of carboxylic acid groups (broad SMARTS) is 1. The van der Waals surface area contributed by atoms with E-state index in [0.717, 1.165) is 0 Å². The molecule has 0 bridgehead atoms. The van der Waals surface area contributed by atoms with Gasteiger partial charge in [-0.1, -0.05) is 0 Å². The second-order valence-electron chi connectivity index (χ2n) is 2.36. The zero-order valence-corrected chi connectivity index (χ0v) is 7.31. The standard InChI is InChI=1S/C7H15NO5/c8-6(7(10)11)5-13-4-3-12-2-1-9/h6,9H,1-5,8H2,(H,10,11)/t6-/m0/s1. The van der Waals surface area contributed by atoms with Gasteiger partial charge in [-0.05, 0) is 0 Å². The Hall–Kier alpha value is -0.690. The van der Waals surface area contributed by atoms with E-state index in [1.54, 1.807) is 0 Å². The molecule has 0 aliphatic heterocycles. The van der Waals surface area contributed by atoms with E-state index in [1.165, 1.54) is 0 Å². The molecule has 0 aliphatic rings. The Labute approximate surface area is 76.2 Å². The van der Waals surface area contributed by atoms with Crippen molar-refractivity contribution < 1.29 is 24.5 Å². The molecule has 4 N–H and O–H groups in total. The average Bonchev–Trinajstić information content (AvgIpc) is 2.10. The molecule has 0 saturated heterocycles. The molecular formula is C7H15NO5. The normalized spacial score (nSPS) is 12.8. The van der Waals surface area contributed by atoms with Crippen LogP contribution in [0.5, 0.6) is 0 Å². The summed E-state index contributed by atoms with van der Waals surface area (Å²) < 4.78 is 9.75. The summed E-state index contributed by atoms with van der Waals surface area (Å²) in [4.78, 5) is 10.2. The van der Waals surface area contributed by atoms with Crippen LogP contribution in [0.1, 0.15) is 0 Å². The predicted octanol–water partition coefficient (Wildman–Crippen LogP) is -1.58. The first-order chi connectivity index (χ1) is 6.18. The minimum Gasteiger partial charge on any atom is -0.480 e. The molecule has 0 aromatic rings. The SMILES string of the molecule is N[C@@H](COCCOCCO)C(=O)O. The van der Waals surface area contributed by atoms with Crippen molar-refractivity contribution >= 4 is 5.97 Å². The van der Waals surface area contributed by atoms with E-state index in [-0.39, 0.29) is 26.4 Å². The third-order valence-electron chi connectivity index (χ3n) is 1.22. The molecule has 13 heavy (non-hydrogen) atoms. The van der Waals surface area contributed by atoms with E-state index in [1.807, 2.05) is 0 Å². The Morgan fingerprint density at radius 2 is 1.92 bits per heavy atom. The van der Waals surface area contributed by atoms with Crippen molar-refractivity contribution in [3.8, 4) is 0 Å². The van der Waals surface area contributed by atoms with Crippen LogP contribution in [0.3, 0.4) is 0 Å². The maximum absolute atomic E-state index is 10.2. The molecule has 0 aromatic carbocycles.